The third kappa shape index (κ3) is 3.37. The molecule has 0 radical (unpaired) electrons. The number of carbonyl (C=O) groups excluding carboxylic acids is 2. The molecule has 1 heterocycles. The summed E-state index contributed by atoms with van der Waals surface area (Å²) in [6.07, 6.45) is 4.15. The SMILES string of the molecule is CCC1C(=O)NC2(CCCC2)C(=O)N1CCOCCOC. The third-order valence-corrected chi connectivity index (χ3v) is 4.46. The Morgan fingerprint density at radius 3 is 2.57 bits per heavy atom. The number of hydrogen-bond acceptors (Lipinski definition) is 4. The van der Waals surface area contributed by atoms with E-state index >= 15 is 0 Å². The number of piperazine rings is 1. The fourth-order valence-corrected chi connectivity index (χ4v) is 3.32. The molecule has 2 rings (SSSR count). The Morgan fingerprint density at radius 1 is 1.24 bits per heavy atom. The van der Waals surface area contributed by atoms with Crippen LogP contribution in [0.3, 0.4) is 0 Å². The first kappa shape index (κ1) is 16.2. The third-order valence-electron chi connectivity index (χ3n) is 4.46. The Labute approximate surface area is 126 Å². The van der Waals surface area contributed by atoms with E-state index in [4.69, 9.17) is 9.47 Å². The summed E-state index contributed by atoms with van der Waals surface area (Å²) in [5, 5.41) is 2.99. The van der Waals surface area contributed by atoms with Crippen molar-refractivity contribution < 1.29 is 19.1 Å². The zero-order valence-electron chi connectivity index (χ0n) is 13.0. The van der Waals surface area contributed by atoms with E-state index < -0.39 is 5.54 Å². The van der Waals surface area contributed by atoms with E-state index in [1.165, 1.54) is 0 Å². The Bertz CT molecular complexity index is 380. The van der Waals surface area contributed by atoms with Gasteiger partial charge in [0.1, 0.15) is 11.6 Å². The molecule has 1 saturated heterocycles. The number of nitrogens with zero attached hydrogens (tertiary/aromatic N) is 1. The van der Waals surface area contributed by atoms with Crippen molar-refractivity contribution in [1.82, 2.24) is 10.2 Å². The van der Waals surface area contributed by atoms with E-state index in [9.17, 15) is 9.59 Å². The molecule has 1 spiro atoms. The summed E-state index contributed by atoms with van der Waals surface area (Å²) < 4.78 is 10.4. The minimum absolute atomic E-state index is 0.0177. The highest BCUT2D eigenvalue weighted by Gasteiger charge is 2.51. The van der Waals surface area contributed by atoms with Crippen LogP contribution in [0.4, 0.5) is 0 Å². The van der Waals surface area contributed by atoms with Gasteiger partial charge in [0.25, 0.3) is 0 Å². The molecular formula is C15H26N2O4. The summed E-state index contributed by atoms with van der Waals surface area (Å²) in [5.41, 5.74) is -0.644. The fourth-order valence-electron chi connectivity index (χ4n) is 3.32. The van der Waals surface area contributed by atoms with Crippen molar-refractivity contribution in [3.8, 4) is 0 Å². The Kier molecular flexibility index (Phi) is 5.58. The maximum absolute atomic E-state index is 12.8. The molecule has 6 heteroatoms. The summed E-state index contributed by atoms with van der Waals surface area (Å²) in [6, 6.07) is -0.366. The Hall–Kier alpha value is -1.14. The largest absolute Gasteiger partial charge is 0.382 e. The quantitative estimate of drug-likeness (QED) is 0.703. The van der Waals surface area contributed by atoms with Gasteiger partial charge in [-0.1, -0.05) is 19.8 Å². The van der Waals surface area contributed by atoms with Crippen LogP contribution in [0.15, 0.2) is 0 Å². The number of rotatable bonds is 7. The molecule has 0 bridgehead atoms. The molecule has 1 atom stereocenters. The molecule has 0 aromatic carbocycles. The molecule has 0 aromatic rings. The lowest BCUT2D eigenvalue weighted by Crippen LogP contribution is -2.69. The smallest absolute Gasteiger partial charge is 0.249 e. The van der Waals surface area contributed by atoms with Gasteiger partial charge in [-0.25, -0.2) is 0 Å². The normalized spacial score (nSPS) is 24.7. The van der Waals surface area contributed by atoms with Crippen LogP contribution < -0.4 is 5.32 Å². The maximum atomic E-state index is 12.8. The van der Waals surface area contributed by atoms with Crippen molar-refractivity contribution in [2.75, 3.05) is 33.5 Å². The molecule has 1 aliphatic heterocycles. The van der Waals surface area contributed by atoms with Crippen LogP contribution in [-0.4, -0.2) is 61.8 Å². The predicted molar refractivity (Wildman–Crippen MR) is 77.8 cm³/mol. The van der Waals surface area contributed by atoms with Gasteiger partial charge in [-0.05, 0) is 19.3 Å². The summed E-state index contributed by atoms with van der Waals surface area (Å²) in [6.45, 7) is 3.89. The van der Waals surface area contributed by atoms with E-state index in [0.717, 1.165) is 25.7 Å². The second-order valence-corrected chi connectivity index (χ2v) is 5.81. The zero-order valence-corrected chi connectivity index (χ0v) is 13.0. The van der Waals surface area contributed by atoms with Gasteiger partial charge in [0.15, 0.2) is 0 Å². The lowest BCUT2D eigenvalue weighted by Gasteiger charge is -2.44. The van der Waals surface area contributed by atoms with Crippen LogP contribution in [0, 0.1) is 0 Å². The molecule has 2 aliphatic rings. The standard InChI is InChI=1S/C15H26N2O4/c1-3-12-13(18)16-15(6-4-5-7-15)14(19)17(12)8-9-21-11-10-20-2/h12H,3-11H2,1-2H3,(H,16,18). The van der Waals surface area contributed by atoms with Crippen LogP contribution >= 0.6 is 0 Å². The minimum Gasteiger partial charge on any atom is -0.382 e. The van der Waals surface area contributed by atoms with Crippen LogP contribution in [0.5, 0.6) is 0 Å². The summed E-state index contributed by atoms with van der Waals surface area (Å²) in [7, 11) is 1.62. The van der Waals surface area contributed by atoms with Gasteiger partial charge in [0.2, 0.25) is 11.8 Å². The van der Waals surface area contributed by atoms with Crippen LogP contribution in [0.25, 0.3) is 0 Å². The van der Waals surface area contributed by atoms with Gasteiger partial charge in [-0.3, -0.25) is 9.59 Å². The fraction of sp³-hybridized carbons (Fsp3) is 0.867. The van der Waals surface area contributed by atoms with Crippen molar-refractivity contribution in [2.45, 2.75) is 50.6 Å². The van der Waals surface area contributed by atoms with Gasteiger partial charge in [-0.15, -0.1) is 0 Å². The molecular weight excluding hydrogens is 272 g/mol. The molecule has 21 heavy (non-hydrogen) atoms. The molecule has 2 amide bonds. The first-order valence-electron chi connectivity index (χ1n) is 7.84. The molecule has 1 unspecified atom stereocenters. The number of carbonyl (C=O) groups is 2. The molecule has 1 aliphatic carbocycles. The highest BCUT2D eigenvalue weighted by molar-refractivity contribution is 6.00. The topological polar surface area (TPSA) is 67.9 Å². The first-order chi connectivity index (χ1) is 10.1. The lowest BCUT2D eigenvalue weighted by atomic mass is 9.90. The highest BCUT2D eigenvalue weighted by Crippen LogP contribution is 2.34. The molecule has 0 aromatic heterocycles. The first-order valence-corrected chi connectivity index (χ1v) is 7.84. The van der Waals surface area contributed by atoms with Gasteiger partial charge in [0, 0.05) is 13.7 Å². The van der Waals surface area contributed by atoms with E-state index in [2.05, 4.69) is 5.32 Å². The molecule has 120 valence electrons. The number of methoxy groups -OCH3 is 1. The average Bonchev–Trinajstić information content (AvgIpc) is 2.93. The van der Waals surface area contributed by atoms with Crippen LogP contribution in [0.2, 0.25) is 0 Å². The number of hydrogen-bond donors (Lipinski definition) is 1. The average molecular weight is 298 g/mol. The molecule has 1 saturated carbocycles. The predicted octanol–water partition coefficient (Wildman–Crippen LogP) is 0.699. The van der Waals surface area contributed by atoms with Crippen LogP contribution in [-0.2, 0) is 19.1 Å². The van der Waals surface area contributed by atoms with Crippen molar-refractivity contribution >= 4 is 11.8 Å². The van der Waals surface area contributed by atoms with Gasteiger partial charge >= 0.3 is 0 Å². The van der Waals surface area contributed by atoms with E-state index in [1.807, 2.05) is 6.92 Å². The van der Waals surface area contributed by atoms with Crippen molar-refractivity contribution in [1.29, 1.82) is 0 Å². The van der Waals surface area contributed by atoms with Crippen molar-refractivity contribution in [2.24, 2.45) is 0 Å². The lowest BCUT2D eigenvalue weighted by molar-refractivity contribution is -0.155. The van der Waals surface area contributed by atoms with Crippen LogP contribution in [0.1, 0.15) is 39.0 Å². The van der Waals surface area contributed by atoms with Gasteiger partial charge < -0.3 is 19.7 Å². The number of ether oxygens (including phenoxy) is 2. The van der Waals surface area contributed by atoms with Gasteiger partial charge in [0.05, 0.1) is 19.8 Å². The molecule has 2 fully saturated rings. The second kappa shape index (κ2) is 7.22. The Balaban J connectivity index is 1.99. The minimum atomic E-state index is -0.644. The van der Waals surface area contributed by atoms with Gasteiger partial charge in [-0.2, -0.15) is 0 Å². The molecule has 6 nitrogen and oxygen atoms in total. The van der Waals surface area contributed by atoms with E-state index in [0.29, 0.717) is 32.8 Å². The van der Waals surface area contributed by atoms with E-state index in [1.54, 1.807) is 12.0 Å². The Morgan fingerprint density at radius 2 is 1.95 bits per heavy atom. The number of amides is 2. The summed E-state index contributed by atoms with van der Waals surface area (Å²) in [5.74, 6) is 0.0534. The second-order valence-electron chi connectivity index (χ2n) is 5.81. The summed E-state index contributed by atoms with van der Waals surface area (Å²) >= 11 is 0. The molecule has 1 N–H and O–H groups in total. The maximum Gasteiger partial charge on any atom is 0.249 e. The zero-order chi connectivity index (χ0) is 15.3. The summed E-state index contributed by atoms with van der Waals surface area (Å²) in [4.78, 5) is 26.8. The number of nitrogens with one attached hydrogen (secondary N) is 1. The highest BCUT2D eigenvalue weighted by atomic mass is 16.5. The van der Waals surface area contributed by atoms with Crippen molar-refractivity contribution in [3.05, 3.63) is 0 Å². The van der Waals surface area contributed by atoms with E-state index in [-0.39, 0.29) is 17.9 Å². The van der Waals surface area contributed by atoms with Crippen molar-refractivity contribution in [3.63, 3.8) is 0 Å². The monoisotopic (exact) mass is 298 g/mol.